The highest BCUT2D eigenvalue weighted by atomic mass is 19.1. The van der Waals surface area contributed by atoms with Crippen LogP contribution in [-0.4, -0.2) is 11.9 Å². The summed E-state index contributed by atoms with van der Waals surface area (Å²) in [6.45, 7) is 1.64. The molecule has 5 heteroatoms. The Labute approximate surface area is 98.0 Å². The lowest BCUT2D eigenvalue weighted by Gasteiger charge is -2.12. The number of rotatable bonds is 3. The standard InChI is InChI=1S/C12H12F2N2O/c1-3-4-7(2)16-12(17)10-8(13)5-6-9(15)11(10)14/h1,5-7H,4,15H2,2H3,(H,16,17). The largest absolute Gasteiger partial charge is 0.396 e. The Morgan fingerprint density at radius 1 is 1.59 bits per heavy atom. The monoisotopic (exact) mass is 238 g/mol. The number of anilines is 1. The van der Waals surface area contributed by atoms with Gasteiger partial charge in [-0.2, -0.15) is 0 Å². The molecule has 0 saturated carbocycles. The molecule has 0 aliphatic heterocycles. The molecule has 1 amide bonds. The van der Waals surface area contributed by atoms with Gasteiger partial charge in [0.2, 0.25) is 0 Å². The normalized spacial score (nSPS) is 11.6. The predicted molar refractivity (Wildman–Crippen MR) is 61.1 cm³/mol. The number of hydrogen-bond donors (Lipinski definition) is 2. The highest BCUT2D eigenvalue weighted by molar-refractivity contribution is 5.95. The van der Waals surface area contributed by atoms with Gasteiger partial charge in [-0.1, -0.05) is 0 Å². The Kier molecular flexibility index (Phi) is 4.05. The average Bonchev–Trinajstić information content (AvgIpc) is 2.24. The number of hydrogen-bond acceptors (Lipinski definition) is 2. The molecule has 1 rings (SSSR count). The van der Waals surface area contributed by atoms with Gasteiger partial charge in [0, 0.05) is 12.5 Å². The van der Waals surface area contributed by atoms with Crippen LogP contribution in [0.2, 0.25) is 0 Å². The zero-order chi connectivity index (χ0) is 13.0. The fourth-order valence-electron chi connectivity index (χ4n) is 1.30. The second-order valence-electron chi connectivity index (χ2n) is 3.61. The summed E-state index contributed by atoms with van der Waals surface area (Å²) in [4.78, 5) is 11.6. The van der Waals surface area contributed by atoms with Crippen LogP contribution in [0.5, 0.6) is 0 Å². The molecule has 0 aliphatic rings. The maximum atomic E-state index is 13.5. The van der Waals surface area contributed by atoms with Gasteiger partial charge < -0.3 is 11.1 Å². The van der Waals surface area contributed by atoms with Crippen LogP contribution in [0, 0.1) is 24.0 Å². The highest BCUT2D eigenvalue weighted by Crippen LogP contribution is 2.18. The summed E-state index contributed by atoms with van der Waals surface area (Å²) in [5, 5.41) is 2.39. The van der Waals surface area contributed by atoms with E-state index >= 15 is 0 Å². The molecule has 0 aliphatic carbocycles. The van der Waals surface area contributed by atoms with Crippen LogP contribution in [0.4, 0.5) is 14.5 Å². The third-order valence-corrected chi connectivity index (χ3v) is 2.15. The minimum absolute atomic E-state index is 0.275. The van der Waals surface area contributed by atoms with Crippen molar-refractivity contribution in [1.29, 1.82) is 0 Å². The lowest BCUT2D eigenvalue weighted by atomic mass is 10.1. The summed E-state index contributed by atoms with van der Waals surface area (Å²) in [6.07, 6.45) is 5.33. The smallest absolute Gasteiger partial charge is 0.257 e. The Morgan fingerprint density at radius 3 is 2.82 bits per heavy atom. The third kappa shape index (κ3) is 2.94. The highest BCUT2D eigenvalue weighted by Gasteiger charge is 2.20. The van der Waals surface area contributed by atoms with Crippen molar-refractivity contribution in [2.24, 2.45) is 0 Å². The van der Waals surface area contributed by atoms with E-state index in [9.17, 15) is 13.6 Å². The Bertz CT molecular complexity index is 480. The van der Waals surface area contributed by atoms with E-state index in [1.165, 1.54) is 0 Å². The van der Waals surface area contributed by atoms with E-state index < -0.39 is 23.1 Å². The van der Waals surface area contributed by atoms with Gasteiger partial charge in [0.1, 0.15) is 11.4 Å². The van der Waals surface area contributed by atoms with Gasteiger partial charge in [-0.05, 0) is 19.1 Å². The van der Waals surface area contributed by atoms with E-state index in [-0.39, 0.29) is 18.2 Å². The molecule has 1 aromatic carbocycles. The number of nitrogens with one attached hydrogen (secondary N) is 1. The number of nitrogen functional groups attached to an aromatic ring is 1. The molecule has 90 valence electrons. The molecule has 0 heterocycles. The van der Waals surface area contributed by atoms with Crippen LogP contribution in [0.15, 0.2) is 12.1 Å². The Morgan fingerprint density at radius 2 is 2.24 bits per heavy atom. The van der Waals surface area contributed by atoms with E-state index in [1.807, 2.05) is 0 Å². The zero-order valence-electron chi connectivity index (χ0n) is 9.26. The number of terminal acetylenes is 1. The van der Waals surface area contributed by atoms with Crippen molar-refractivity contribution >= 4 is 11.6 Å². The maximum Gasteiger partial charge on any atom is 0.257 e. The number of nitrogens with two attached hydrogens (primary N) is 1. The Balaban J connectivity index is 2.97. The number of carbonyl (C=O) groups excluding carboxylic acids is 1. The first-order valence-corrected chi connectivity index (χ1v) is 4.95. The van der Waals surface area contributed by atoms with Crippen LogP contribution in [-0.2, 0) is 0 Å². The number of benzene rings is 1. The maximum absolute atomic E-state index is 13.5. The molecule has 1 atom stereocenters. The van der Waals surface area contributed by atoms with Crippen LogP contribution in [0.3, 0.4) is 0 Å². The SMILES string of the molecule is C#CCC(C)NC(=O)c1c(F)ccc(N)c1F. The minimum atomic E-state index is -1.06. The second kappa shape index (κ2) is 5.30. The quantitative estimate of drug-likeness (QED) is 0.622. The number of carbonyl (C=O) groups is 1. The average molecular weight is 238 g/mol. The molecule has 1 unspecified atom stereocenters. The van der Waals surface area contributed by atoms with E-state index in [0.29, 0.717) is 0 Å². The van der Waals surface area contributed by atoms with Crippen molar-refractivity contribution < 1.29 is 13.6 Å². The molecule has 1 aromatic rings. The predicted octanol–water partition coefficient (Wildman–Crippen LogP) is 1.69. The number of halogens is 2. The van der Waals surface area contributed by atoms with Crippen molar-refractivity contribution in [3.63, 3.8) is 0 Å². The molecular weight excluding hydrogens is 226 g/mol. The van der Waals surface area contributed by atoms with Crippen molar-refractivity contribution in [3.05, 3.63) is 29.3 Å². The first-order valence-electron chi connectivity index (χ1n) is 4.95. The number of amides is 1. The molecule has 17 heavy (non-hydrogen) atoms. The van der Waals surface area contributed by atoms with Crippen LogP contribution in [0.1, 0.15) is 23.7 Å². The minimum Gasteiger partial charge on any atom is -0.396 e. The molecule has 0 spiro atoms. The van der Waals surface area contributed by atoms with Gasteiger partial charge in [0.25, 0.3) is 5.91 Å². The first-order chi connectivity index (χ1) is 7.97. The Hall–Kier alpha value is -2.09. The van der Waals surface area contributed by atoms with Crippen LogP contribution < -0.4 is 11.1 Å². The van der Waals surface area contributed by atoms with Crippen molar-refractivity contribution in [3.8, 4) is 12.3 Å². The van der Waals surface area contributed by atoms with Gasteiger partial charge in [-0.3, -0.25) is 4.79 Å². The fourth-order valence-corrected chi connectivity index (χ4v) is 1.30. The summed E-state index contributed by atoms with van der Waals surface area (Å²) in [5.41, 5.74) is 4.30. The molecule has 0 saturated heterocycles. The molecule has 0 radical (unpaired) electrons. The van der Waals surface area contributed by atoms with Crippen molar-refractivity contribution in [1.82, 2.24) is 5.32 Å². The third-order valence-electron chi connectivity index (χ3n) is 2.15. The lowest BCUT2D eigenvalue weighted by Crippen LogP contribution is -2.33. The van der Waals surface area contributed by atoms with Crippen molar-refractivity contribution in [2.45, 2.75) is 19.4 Å². The molecular formula is C12H12F2N2O. The van der Waals surface area contributed by atoms with E-state index in [1.54, 1.807) is 6.92 Å². The van der Waals surface area contributed by atoms with E-state index in [4.69, 9.17) is 12.2 Å². The lowest BCUT2D eigenvalue weighted by molar-refractivity contribution is 0.0932. The first kappa shape index (κ1) is 13.0. The molecule has 0 aromatic heterocycles. The van der Waals surface area contributed by atoms with Gasteiger partial charge in [-0.25, -0.2) is 8.78 Å². The molecule has 0 bridgehead atoms. The topological polar surface area (TPSA) is 55.1 Å². The van der Waals surface area contributed by atoms with Crippen LogP contribution >= 0.6 is 0 Å². The van der Waals surface area contributed by atoms with Gasteiger partial charge in [-0.15, -0.1) is 12.3 Å². The summed E-state index contributed by atoms with van der Waals surface area (Å²) in [6, 6.07) is 1.64. The van der Waals surface area contributed by atoms with E-state index in [2.05, 4.69) is 11.2 Å². The summed E-state index contributed by atoms with van der Waals surface area (Å²) < 4.78 is 26.8. The molecule has 0 fully saturated rings. The zero-order valence-corrected chi connectivity index (χ0v) is 9.26. The summed E-state index contributed by atoms with van der Waals surface area (Å²) in [7, 11) is 0. The van der Waals surface area contributed by atoms with Crippen molar-refractivity contribution in [2.75, 3.05) is 5.73 Å². The van der Waals surface area contributed by atoms with Gasteiger partial charge in [0.15, 0.2) is 5.82 Å². The molecule has 3 nitrogen and oxygen atoms in total. The second-order valence-corrected chi connectivity index (χ2v) is 3.61. The van der Waals surface area contributed by atoms with Crippen LogP contribution in [0.25, 0.3) is 0 Å². The van der Waals surface area contributed by atoms with E-state index in [0.717, 1.165) is 12.1 Å². The molecule has 3 N–H and O–H groups in total. The van der Waals surface area contributed by atoms with Gasteiger partial charge in [0.05, 0.1) is 5.69 Å². The summed E-state index contributed by atoms with van der Waals surface area (Å²) in [5.74, 6) is -0.544. The fraction of sp³-hybridized carbons (Fsp3) is 0.250. The summed E-state index contributed by atoms with van der Waals surface area (Å²) >= 11 is 0. The van der Waals surface area contributed by atoms with Gasteiger partial charge >= 0.3 is 0 Å².